The largest absolute Gasteiger partial charge is 0.326 e. The zero-order valence-electron chi connectivity index (χ0n) is 18.1. The molecule has 0 aromatic heterocycles. The maximum Gasteiger partial charge on any atom is 0.243 e. The van der Waals surface area contributed by atoms with Crippen LogP contribution in [0.15, 0.2) is 52.3 Å². The van der Waals surface area contributed by atoms with E-state index in [1.807, 2.05) is 31.2 Å². The molecule has 2 amide bonds. The molecule has 0 saturated carbocycles. The van der Waals surface area contributed by atoms with E-state index in [9.17, 15) is 18.0 Å². The van der Waals surface area contributed by atoms with Crippen molar-refractivity contribution in [2.75, 3.05) is 23.7 Å². The average Bonchev–Trinajstić information content (AvgIpc) is 2.80. The summed E-state index contributed by atoms with van der Waals surface area (Å²) in [6.07, 6.45) is 1.87. The Morgan fingerprint density at radius 3 is 2.50 bits per heavy atom. The van der Waals surface area contributed by atoms with E-state index in [1.54, 1.807) is 12.1 Å². The fourth-order valence-electron chi connectivity index (χ4n) is 3.92. The number of carbonyl (C=O) groups is 2. The lowest BCUT2D eigenvalue weighted by molar-refractivity contribution is -0.121. The molecule has 2 aromatic rings. The molecule has 2 aromatic carbocycles. The van der Waals surface area contributed by atoms with Crippen LogP contribution in [-0.2, 0) is 26.0 Å². The molecule has 9 heteroatoms. The molecule has 0 spiro atoms. The van der Waals surface area contributed by atoms with Gasteiger partial charge in [-0.05, 0) is 62.1 Å². The third-order valence-electron chi connectivity index (χ3n) is 5.97. The third kappa shape index (κ3) is 4.69. The molecule has 2 N–H and O–H groups in total. The van der Waals surface area contributed by atoms with E-state index in [-0.39, 0.29) is 41.0 Å². The minimum Gasteiger partial charge on any atom is -0.326 e. The second kappa shape index (κ2) is 9.25. The SMILES string of the molecule is CCc1ccc(NC(=O)C2CCN(S(=O)(=O)c3ccc4c(c3)NC(=O)[C@@H](C)S4)CC2)cc1. The Bertz CT molecular complexity index is 1120. The van der Waals surface area contributed by atoms with Crippen LogP contribution in [-0.4, -0.2) is 42.9 Å². The van der Waals surface area contributed by atoms with Gasteiger partial charge in [-0.3, -0.25) is 9.59 Å². The number of rotatable bonds is 5. The lowest BCUT2D eigenvalue weighted by Gasteiger charge is -2.31. The Kier molecular flexibility index (Phi) is 6.60. The molecule has 0 bridgehead atoms. The molecular weight excluding hydrogens is 446 g/mol. The number of fused-ring (bicyclic) bond motifs is 1. The molecule has 1 saturated heterocycles. The van der Waals surface area contributed by atoms with Crippen LogP contribution in [0.4, 0.5) is 11.4 Å². The second-order valence-electron chi connectivity index (χ2n) is 8.13. The fourth-order valence-corrected chi connectivity index (χ4v) is 6.35. The third-order valence-corrected chi connectivity index (χ3v) is 9.05. The molecule has 170 valence electrons. The summed E-state index contributed by atoms with van der Waals surface area (Å²) >= 11 is 1.42. The molecule has 7 nitrogen and oxygen atoms in total. The summed E-state index contributed by atoms with van der Waals surface area (Å²) in [5.41, 5.74) is 2.49. The van der Waals surface area contributed by atoms with Gasteiger partial charge < -0.3 is 10.6 Å². The highest BCUT2D eigenvalue weighted by Crippen LogP contribution is 2.37. The average molecular weight is 474 g/mol. The van der Waals surface area contributed by atoms with Crippen molar-refractivity contribution < 1.29 is 18.0 Å². The van der Waals surface area contributed by atoms with Gasteiger partial charge in [0, 0.05) is 29.6 Å². The van der Waals surface area contributed by atoms with E-state index in [1.165, 1.54) is 27.7 Å². The summed E-state index contributed by atoms with van der Waals surface area (Å²) < 4.78 is 27.7. The van der Waals surface area contributed by atoms with E-state index in [2.05, 4.69) is 17.6 Å². The van der Waals surface area contributed by atoms with Gasteiger partial charge in [-0.25, -0.2) is 8.42 Å². The molecule has 2 heterocycles. The Labute approximate surface area is 193 Å². The summed E-state index contributed by atoms with van der Waals surface area (Å²) in [5.74, 6) is -0.435. The van der Waals surface area contributed by atoms with Crippen LogP contribution in [0.25, 0.3) is 0 Å². The molecular formula is C23H27N3O4S2. The predicted molar refractivity (Wildman–Crippen MR) is 126 cm³/mol. The molecule has 1 fully saturated rings. The highest BCUT2D eigenvalue weighted by molar-refractivity contribution is 8.01. The monoisotopic (exact) mass is 473 g/mol. The maximum absolute atomic E-state index is 13.2. The summed E-state index contributed by atoms with van der Waals surface area (Å²) in [6, 6.07) is 12.6. The zero-order chi connectivity index (χ0) is 22.9. The molecule has 32 heavy (non-hydrogen) atoms. The number of benzene rings is 2. The molecule has 4 rings (SSSR count). The van der Waals surface area contributed by atoms with Crippen LogP contribution in [0.5, 0.6) is 0 Å². The van der Waals surface area contributed by atoms with E-state index < -0.39 is 10.0 Å². The quantitative estimate of drug-likeness (QED) is 0.690. The number of hydrogen-bond donors (Lipinski definition) is 2. The summed E-state index contributed by atoms with van der Waals surface area (Å²) in [6.45, 7) is 4.46. The smallest absolute Gasteiger partial charge is 0.243 e. The number of carbonyl (C=O) groups excluding carboxylic acids is 2. The first kappa shape index (κ1) is 22.8. The van der Waals surface area contributed by atoms with Gasteiger partial charge in [0.05, 0.1) is 15.8 Å². The maximum atomic E-state index is 13.2. The topological polar surface area (TPSA) is 95.6 Å². The van der Waals surface area contributed by atoms with Crippen LogP contribution >= 0.6 is 11.8 Å². The van der Waals surface area contributed by atoms with Crippen molar-refractivity contribution in [3.8, 4) is 0 Å². The van der Waals surface area contributed by atoms with E-state index in [4.69, 9.17) is 0 Å². The molecule has 1 atom stereocenters. The Morgan fingerprint density at radius 1 is 1.16 bits per heavy atom. The number of hydrogen-bond acceptors (Lipinski definition) is 5. The van der Waals surface area contributed by atoms with E-state index in [0.717, 1.165) is 17.0 Å². The van der Waals surface area contributed by atoms with Gasteiger partial charge in [-0.15, -0.1) is 11.8 Å². The summed E-state index contributed by atoms with van der Waals surface area (Å²) in [4.78, 5) is 25.6. The van der Waals surface area contributed by atoms with Crippen LogP contribution in [0.3, 0.4) is 0 Å². The standard InChI is InChI=1S/C23H27N3O4S2/c1-3-16-4-6-18(7-5-16)24-23(28)17-10-12-26(13-11-17)32(29,30)19-8-9-21-20(14-19)25-22(27)15(2)31-21/h4-9,14-15,17H,3,10-13H2,1-2H3,(H,24,28)(H,25,27)/t15-/m1/s1. The minimum atomic E-state index is -3.70. The van der Waals surface area contributed by atoms with Crippen LogP contribution in [0.2, 0.25) is 0 Å². The van der Waals surface area contributed by atoms with Crippen molar-refractivity contribution >= 4 is 45.0 Å². The van der Waals surface area contributed by atoms with Gasteiger partial charge in [0.15, 0.2) is 0 Å². The predicted octanol–water partition coefficient (Wildman–Crippen LogP) is 3.72. The normalized spacial score (nSPS) is 19.8. The Morgan fingerprint density at radius 2 is 1.84 bits per heavy atom. The van der Waals surface area contributed by atoms with Crippen molar-refractivity contribution in [1.82, 2.24) is 4.31 Å². The van der Waals surface area contributed by atoms with Gasteiger partial charge >= 0.3 is 0 Å². The number of aryl methyl sites for hydroxylation is 1. The lowest BCUT2D eigenvalue weighted by atomic mass is 9.97. The second-order valence-corrected chi connectivity index (χ2v) is 11.4. The Balaban J connectivity index is 1.39. The number of piperidine rings is 1. The number of anilines is 2. The van der Waals surface area contributed by atoms with Crippen molar-refractivity contribution in [3.63, 3.8) is 0 Å². The molecule has 0 radical (unpaired) electrons. The molecule has 0 aliphatic carbocycles. The molecule has 2 aliphatic heterocycles. The van der Waals surface area contributed by atoms with Crippen molar-refractivity contribution in [1.29, 1.82) is 0 Å². The molecule has 0 unspecified atom stereocenters. The van der Waals surface area contributed by atoms with E-state index >= 15 is 0 Å². The number of amides is 2. The number of nitrogens with one attached hydrogen (secondary N) is 2. The number of nitrogens with zero attached hydrogens (tertiary/aromatic N) is 1. The lowest BCUT2D eigenvalue weighted by Crippen LogP contribution is -2.41. The highest BCUT2D eigenvalue weighted by Gasteiger charge is 2.33. The van der Waals surface area contributed by atoms with Crippen LogP contribution in [0.1, 0.15) is 32.3 Å². The first-order valence-corrected chi connectivity index (χ1v) is 13.1. The van der Waals surface area contributed by atoms with Crippen molar-refractivity contribution in [3.05, 3.63) is 48.0 Å². The fraction of sp³-hybridized carbons (Fsp3) is 0.391. The minimum absolute atomic E-state index is 0.0751. The van der Waals surface area contributed by atoms with E-state index in [0.29, 0.717) is 18.5 Å². The number of thioether (sulfide) groups is 1. The van der Waals surface area contributed by atoms with Crippen molar-refractivity contribution in [2.24, 2.45) is 5.92 Å². The highest BCUT2D eigenvalue weighted by atomic mass is 32.2. The van der Waals surface area contributed by atoms with Crippen molar-refractivity contribution in [2.45, 2.75) is 48.2 Å². The first-order chi connectivity index (χ1) is 15.3. The molecule has 2 aliphatic rings. The number of sulfonamides is 1. The van der Waals surface area contributed by atoms with Gasteiger partial charge in [-0.1, -0.05) is 19.1 Å². The Hall–Kier alpha value is -2.36. The summed E-state index contributed by atoms with van der Waals surface area (Å²) in [5, 5.41) is 5.51. The van der Waals surface area contributed by atoms with Gasteiger partial charge in [0.1, 0.15) is 0 Å². The van der Waals surface area contributed by atoms with Gasteiger partial charge in [-0.2, -0.15) is 4.31 Å². The summed E-state index contributed by atoms with van der Waals surface area (Å²) in [7, 11) is -3.70. The first-order valence-electron chi connectivity index (χ1n) is 10.8. The van der Waals surface area contributed by atoms with Crippen LogP contribution in [0, 0.1) is 5.92 Å². The van der Waals surface area contributed by atoms with Gasteiger partial charge in [0.25, 0.3) is 0 Å². The van der Waals surface area contributed by atoms with Gasteiger partial charge in [0.2, 0.25) is 21.8 Å². The zero-order valence-corrected chi connectivity index (χ0v) is 19.8. The van der Waals surface area contributed by atoms with Crippen LogP contribution < -0.4 is 10.6 Å².